The number of likely N-dealkylation sites (tertiary alicyclic amines) is 1. The first-order valence-corrected chi connectivity index (χ1v) is 10.6. The molecule has 2 heterocycles. The Labute approximate surface area is 188 Å². The van der Waals surface area contributed by atoms with E-state index in [0.717, 1.165) is 22.0 Å². The molecule has 6 nitrogen and oxygen atoms in total. The second-order valence-electron chi connectivity index (χ2n) is 8.26. The molecule has 1 aliphatic heterocycles. The number of nitrogens with zero attached hydrogens (tertiary/aromatic N) is 1. The third-order valence-electron chi connectivity index (χ3n) is 6.05. The molecule has 3 aromatic rings. The van der Waals surface area contributed by atoms with Gasteiger partial charge < -0.3 is 19.6 Å². The molecule has 0 saturated carbocycles. The Balaban J connectivity index is 1.77. The topological polar surface area (TPSA) is 74.8 Å². The summed E-state index contributed by atoms with van der Waals surface area (Å²) in [7, 11) is 1.50. The number of H-pyrrole nitrogens is 1. The predicted molar refractivity (Wildman–Crippen MR) is 117 cm³/mol. The van der Waals surface area contributed by atoms with Crippen LogP contribution in [0.1, 0.15) is 40.2 Å². The molecule has 1 fully saturated rings. The van der Waals surface area contributed by atoms with Crippen LogP contribution in [-0.2, 0) is 0 Å². The number of nitrogens with one attached hydrogen (secondary N) is 1. The highest BCUT2D eigenvalue weighted by Crippen LogP contribution is 2.42. The number of aromatic carboxylic acids is 1. The fourth-order valence-corrected chi connectivity index (χ4v) is 4.54. The van der Waals surface area contributed by atoms with Crippen LogP contribution in [0.3, 0.4) is 0 Å². The molecule has 1 unspecified atom stereocenters. The molecule has 1 aliphatic rings. The van der Waals surface area contributed by atoms with E-state index in [1.54, 1.807) is 24.4 Å². The number of rotatable bonds is 6. The molecule has 0 bridgehead atoms. The average molecular weight is 462 g/mol. The van der Waals surface area contributed by atoms with Gasteiger partial charge in [-0.2, -0.15) is 13.2 Å². The molecule has 4 rings (SSSR count). The van der Waals surface area contributed by atoms with E-state index in [0.29, 0.717) is 24.3 Å². The summed E-state index contributed by atoms with van der Waals surface area (Å²) in [5, 5.41) is 9.91. The first kappa shape index (κ1) is 23.0. The van der Waals surface area contributed by atoms with E-state index in [4.69, 9.17) is 9.47 Å². The van der Waals surface area contributed by atoms with Gasteiger partial charge in [0.05, 0.1) is 24.7 Å². The van der Waals surface area contributed by atoms with Crippen molar-refractivity contribution in [2.45, 2.75) is 38.1 Å². The zero-order valence-electron chi connectivity index (χ0n) is 18.3. The summed E-state index contributed by atoms with van der Waals surface area (Å²) in [5.41, 5.74) is 2.60. The van der Waals surface area contributed by atoms with Gasteiger partial charge in [-0.25, -0.2) is 4.79 Å². The van der Waals surface area contributed by atoms with Gasteiger partial charge in [-0.05, 0) is 55.2 Å². The van der Waals surface area contributed by atoms with E-state index in [2.05, 4.69) is 4.98 Å². The van der Waals surface area contributed by atoms with E-state index in [1.165, 1.54) is 24.1 Å². The minimum atomic E-state index is -4.39. The Morgan fingerprint density at radius 2 is 1.97 bits per heavy atom. The molecule has 0 spiro atoms. The van der Waals surface area contributed by atoms with Crippen LogP contribution < -0.4 is 9.47 Å². The lowest BCUT2D eigenvalue weighted by molar-refractivity contribution is -0.170. The zero-order chi connectivity index (χ0) is 23.8. The predicted octanol–water partition coefficient (Wildman–Crippen LogP) is 5.33. The van der Waals surface area contributed by atoms with Crippen molar-refractivity contribution in [3.8, 4) is 11.5 Å². The quantitative estimate of drug-likeness (QED) is 0.518. The maximum Gasteiger partial charge on any atom is 0.401 e. The van der Waals surface area contributed by atoms with Crippen LogP contribution in [0.4, 0.5) is 13.2 Å². The van der Waals surface area contributed by atoms with E-state index in [-0.39, 0.29) is 18.0 Å². The summed E-state index contributed by atoms with van der Waals surface area (Å²) in [4.78, 5) is 15.7. The van der Waals surface area contributed by atoms with Crippen molar-refractivity contribution in [1.29, 1.82) is 0 Å². The van der Waals surface area contributed by atoms with Crippen molar-refractivity contribution in [2.24, 2.45) is 0 Å². The molecule has 1 saturated heterocycles. The molecule has 0 amide bonds. The minimum Gasteiger partial charge on any atom is -0.493 e. The Bertz CT molecular complexity index is 1140. The SMILES string of the molecule is COc1cc(C)c2[nH]ccc2c1OC1[C@@H](c2ccc(C(=O)O)cc2)CCCN1CC(F)(F)F. The number of alkyl halides is 3. The lowest BCUT2D eigenvalue weighted by Gasteiger charge is -2.41. The number of ether oxygens (including phenoxy) is 2. The van der Waals surface area contributed by atoms with E-state index < -0.39 is 24.9 Å². The number of piperidine rings is 1. The number of methoxy groups -OCH3 is 1. The number of hydrogen-bond donors (Lipinski definition) is 2. The molecule has 176 valence electrons. The van der Waals surface area contributed by atoms with E-state index in [1.807, 2.05) is 13.0 Å². The van der Waals surface area contributed by atoms with Gasteiger partial charge in [-0.3, -0.25) is 4.90 Å². The van der Waals surface area contributed by atoms with Crippen molar-refractivity contribution < 1.29 is 32.5 Å². The summed E-state index contributed by atoms with van der Waals surface area (Å²) >= 11 is 0. The number of hydrogen-bond acceptors (Lipinski definition) is 4. The molecule has 0 aliphatic carbocycles. The maximum atomic E-state index is 13.4. The monoisotopic (exact) mass is 462 g/mol. The number of carboxylic acids is 1. The third kappa shape index (κ3) is 4.78. The summed E-state index contributed by atoms with van der Waals surface area (Å²) in [6.07, 6.45) is -2.38. The Morgan fingerprint density at radius 1 is 1.24 bits per heavy atom. The van der Waals surface area contributed by atoms with Gasteiger partial charge in [-0.15, -0.1) is 0 Å². The Kier molecular flexibility index (Phi) is 6.25. The normalized spacial score (nSPS) is 19.5. The van der Waals surface area contributed by atoms with Crippen molar-refractivity contribution in [1.82, 2.24) is 9.88 Å². The van der Waals surface area contributed by atoms with Gasteiger partial charge in [0.15, 0.2) is 17.7 Å². The van der Waals surface area contributed by atoms with Crippen LogP contribution in [0.2, 0.25) is 0 Å². The molecule has 2 atom stereocenters. The largest absolute Gasteiger partial charge is 0.493 e. The third-order valence-corrected chi connectivity index (χ3v) is 6.05. The number of carbonyl (C=O) groups is 1. The minimum absolute atomic E-state index is 0.119. The molecule has 2 aromatic carbocycles. The average Bonchev–Trinajstić information content (AvgIpc) is 3.26. The lowest BCUT2D eigenvalue weighted by atomic mass is 9.88. The fourth-order valence-electron chi connectivity index (χ4n) is 4.54. The van der Waals surface area contributed by atoms with Gasteiger partial charge in [0.1, 0.15) is 0 Å². The van der Waals surface area contributed by atoms with Crippen LogP contribution in [0.25, 0.3) is 10.9 Å². The number of aromatic amines is 1. The molecule has 1 aromatic heterocycles. The number of aryl methyl sites for hydroxylation is 1. The Morgan fingerprint density at radius 3 is 2.61 bits per heavy atom. The van der Waals surface area contributed by atoms with Gasteiger partial charge in [0.2, 0.25) is 0 Å². The molecular formula is C24H25F3N2O4. The van der Waals surface area contributed by atoms with Crippen molar-refractivity contribution in [3.63, 3.8) is 0 Å². The van der Waals surface area contributed by atoms with Gasteiger partial charge in [0, 0.05) is 24.0 Å². The van der Waals surface area contributed by atoms with Crippen molar-refractivity contribution in [3.05, 3.63) is 59.3 Å². The van der Waals surface area contributed by atoms with Crippen LogP contribution in [0.5, 0.6) is 11.5 Å². The molecule has 0 radical (unpaired) electrons. The van der Waals surface area contributed by atoms with Gasteiger partial charge in [0.25, 0.3) is 0 Å². The smallest absolute Gasteiger partial charge is 0.401 e. The number of halogens is 3. The van der Waals surface area contributed by atoms with Gasteiger partial charge in [-0.1, -0.05) is 12.1 Å². The zero-order valence-corrected chi connectivity index (χ0v) is 18.3. The second-order valence-corrected chi connectivity index (χ2v) is 8.26. The molecular weight excluding hydrogens is 437 g/mol. The number of benzene rings is 2. The highest BCUT2D eigenvalue weighted by molar-refractivity contribution is 5.91. The van der Waals surface area contributed by atoms with Crippen molar-refractivity contribution in [2.75, 3.05) is 20.2 Å². The first-order valence-electron chi connectivity index (χ1n) is 10.6. The molecule has 33 heavy (non-hydrogen) atoms. The summed E-state index contributed by atoms with van der Waals surface area (Å²) in [6, 6.07) is 9.84. The summed E-state index contributed by atoms with van der Waals surface area (Å²) in [5.74, 6) is -0.623. The van der Waals surface area contributed by atoms with Crippen LogP contribution in [-0.4, -0.2) is 53.6 Å². The first-order chi connectivity index (χ1) is 15.7. The highest BCUT2D eigenvalue weighted by atomic mass is 19.4. The Hall–Kier alpha value is -3.20. The van der Waals surface area contributed by atoms with Crippen molar-refractivity contribution >= 4 is 16.9 Å². The summed E-state index contributed by atoms with van der Waals surface area (Å²) in [6.45, 7) is 1.04. The fraction of sp³-hybridized carbons (Fsp3) is 0.375. The maximum absolute atomic E-state index is 13.4. The van der Waals surface area contributed by atoms with Crippen LogP contribution in [0, 0.1) is 6.92 Å². The standard InChI is InChI=1S/C24H25F3N2O4/c1-14-12-19(32-2)21(18-9-10-28-20(14)18)33-22-17(4-3-11-29(22)13-24(25,26)27)15-5-7-16(8-6-15)23(30)31/h5-10,12,17,22,28H,3-4,11,13H2,1-2H3,(H,30,31)/t17-,22?/m1/s1. The van der Waals surface area contributed by atoms with Crippen LogP contribution >= 0.6 is 0 Å². The highest BCUT2D eigenvalue weighted by Gasteiger charge is 2.41. The number of carboxylic acid groups (broad SMARTS) is 1. The van der Waals surface area contributed by atoms with Crippen LogP contribution in [0.15, 0.2) is 42.6 Å². The van der Waals surface area contributed by atoms with E-state index >= 15 is 0 Å². The summed E-state index contributed by atoms with van der Waals surface area (Å²) < 4.78 is 52.2. The van der Waals surface area contributed by atoms with E-state index in [9.17, 15) is 23.1 Å². The molecule has 2 N–H and O–H groups in total. The number of aromatic nitrogens is 1. The molecule has 9 heteroatoms. The van der Waals surface area contributed by atoms with Gasteiger partial charge >= 0.3 is 12.1 Å². The lowest BCUT2D eigenvalue weighted by Crippen LogP contribution is -2.51. The number of fused-ring (bicyclic) bond motifs is 1. The second kappa shape index (κ2) is 8.97.